The topological polar surface area (TPSA) is 70.7 Å². The molecule has 90 valence electrons. The van der Waals surface area contributed by atoms with E-state index in [1.165, 1.54) is 4.57 Å². The van der Waals surface area contributed by atoms with Crippen LogP contribution in [0.25, 0.3) is 22.2 Å². The predicted octanol–water partition coefficient (Wildman–Crippen LogP) is 1.67. The number of nitrogens with one attached hydrogen (secondary N) is 2. The smallest absolute Gasteiger partial charge is 0.326 e. The van der Waals surface area contributed by atoms with E-state index in [4.69, 9.17) is 0 Å². The molecule has 2 heterocycles. The summed E-state index contributed by atoms with van der Waals surface area (Å²) in [6.45, 7) is 0. The molecule has 2 N–H and O–H groups in total. The summed E-state index contributed by atoms with van der Waals surface area (Å²) >= 11 is 0. The molecule has 0 fully saturated rings. The van der Waals surface area contributed by atoms with Crippen molar-refractivity contribution in [1.29, 1.82) is 0 Å². The van der Waals surface area contributed by atoms with E-state index in [2.05, 4.69) is 9.97 Å². The van der Waals surface area contributed by atoms with Crippen LogP contribution in [0.1, 0.15) is 10.5 Å². The molecule has 3 rings (SSSR count). The summed E-state index contributed by atoms with van der Waals surface area (Å²) in [6, 6.07) is 7.67. The molecule has 5 heteroatoms. The molecule has 18 heavy (non-hydrogen) atoms. The van der Waals surface area contributed by atoms with Crippen LogP contribution in [-0.2, 0) is 7.05 Å². The molecule has 0 aliphatic heterocycles. The van der Waals surface area contributed by atoms with E-state index >= 15 is 0 Å². The van der Waals surface area contributed by atoms with Crippen LogP contribution in [0.15, 0.2) is 35.3 Å². The third kappa shape index (κ3) is 1.41. The number of aromatic nitrogens is 3. The van der Waals surface area contributed by atoms with Crippen LogP contribution in [0.4, 0.5) is 0 Å². The van der Waals surface area contributed by atoms with Crippen LogP contribution in [0.2, 0.25) is 0 Å². The third-order valence-electron chi connectivity index (χ3n) is 3.11. The van der Waals surface area contributed by atoms with Crippen molar-refractivity contribution in [2.45, 2.75) is 0 Å². The molecular formula is C13H11N3O2. The van der Waals surface area contributed by atoms with Crippen molar-refractivity contribution in [1.82, 2.24) is 14.5 Å². The largest absolute Gasteiger partial charge is 0.361 e. The van der Waals surface area contributed by atoms with E-state index in [-0.39, 0.29) is 5.69 Å². The first kappa shape index (κ1) is 10.6. The average Bonchev–Trinajstić information content (AvgIpc) is 2.94. The van der Waals surface area contributed by atoms with Gasteiger partial charge in [-0.1, -0.05) is 6.07 Å². The van der Waals surface area contributed by atoms with Crippen molar-refractivity contribution in [2.24, 2.45) is 7.05 Å². The van der Waals surface area contributed by atoms with Gasteiger partial charge in [-0.3, -0.25) is 9.36 Å². The number of carbonyl (C=O) groups excluding carboxylic acids is 1. The lowest BCUT2D eigenvalue weighted by Gasteiger charge is -2.00. The molecule has 2 aromatic heterocycles. The van der Waals surface area contributed by atoms with Gasteiger partial charge in [0.1, 0.15) is 5.69 Å². The normalized spacial score (nSPS) is 10.9. The van der Waals surface area contributed by atoms with Gasteiger partial charge in [-0.15, -0.1) is 0 Å². The molecule has 0 atom stereocenters. The second-order valence-corrected chi connectivity index (χ2v) is 4.15. The van der Waals surface area contributed by atoms with Crippen LogP contribution in [0.3, 0.4) is 0 Å². The fraction of sp³-hybridized carbons (Fsp3) is 0.0769. The number of hydrogen-bond acceptors (Lipinski definition) is 2. The lowest BCUT2D eigenvalue weighted by Crippen LogP contribution is -2.14. The number of rotatable bonds is 2. The van der Waals surface area contributed by atoms with E-state index in [0.717, 1.165) is 16.5 Å². The highest BCUT2D eigenvalue weighted by molar-refractivity contribution is 5.89. The average molecular weight is 241 g/mol. The number of benzene rings is 1. The second kappa shape index (κ2) is 3.73. The summed E-state index contributed by atoms with van der Waals surface area (Å²) in [5.41, 5.74) is 2.46. The van der Waals surface area contributed by atoms with E-state index in [1.807, 2.05) is 30.5 Å². The summed E-state index contributed by atoms with van der Waals surface area (Å²) < 4.78 is 1.31. The number of imidazole rings is 1. The fourth-order valence-corrected chi connectivity index (χ4v) is 2.10. The molecule has 0 radical (unpaired) electrons. The van der Waals surface area contributed by atoms with Crippen molar-refractivity contribution in [3.05, 3.63) is 46.6 Å². The number of hydrogen-bond donors (Lipinski definition) is 2. The lowest BCUT2D eigenvalue weighted by molar-refractivity contribution is 0.111. The Morgan fingerprint density at radius 2 is 2.11 bits per heavy atom. The first-order chi connectivity index (χ1) is 8.70. The van der Waals surface area contributed by atoms with Gasteiger partial charge in [-0.25, -0.2) is 4.79 Å². The summed E-state index contributed by atoms with van der Waals surface area (Å²) in [7, 11) is 1.57. The Hall–Kier alpha value is -2.56. The summed E-state index contributed by atoms with van der Waals surface area (Å²) in [5, 5.41) is 1.04. The van der Waals surface area contributed by atoms with Crippen molar-refractivity contribution >= 4 is 17.2 Å². The van der Waals surface area contributed by atoms with Gasteiger partial charge in [-0.2, -0.15) is 0 Å². The highest BCUT2D eigenvalue weighted by atomic mass is 16.1. The Morgan fingerprint density at radius 1 is 1.28 bits per heavy atom. The molecule has 0 bridgehead atoms. The second-order valence-electron chi connectivity index (χ2n) is 4.15. The zero-order valence-corrected chi connectivity index (χ0v) is 9.73. The molecule has 0 saturated heterocycles. The van der Waals surface area contributed by atoms with E-state index in [1.54, 1.807) is 7.05 Å². The minimum atomic E-state index is -0.290. The maximum atomic E-state index is 11.5. The first-order valence-electron chi connectivity index (χ1n) is 5.52. The maximum Gasteiger partial charge on any atom is 0.326 e. The predicted molar refractivity (Wildman–Crippen MR) is 68.7 cm³/mol. The number of aromatic amines is 2. The zero-order valence-electron chi connectivity index (χ0n) is 9.73. The van der Waals surface area contributed by atoms with E-state index < -0.39 is 0 Å². The minimum absolute atomic E-state index is 0.290. The molecule has 0 aliphatic carbocycles. The standard InChI is InChI=1S/C13H11N3O2/c1-16-11(7-17)12(15-13(16)18)9-2-3-10-8(6-9)4-5-14-10/h2-7,14H,1H3,(H,15,18). The van der Waals surface area contributed by atoms with E-state index in [9.17, 15) is 9.59 Å². The molecule has 0 amide bonds. The SMILES string of the molecule is Cn1c(C=O)c(-c2ccc3[nH]ccc3c2)[nH]c1=O. The van der Waals surface area contributed by atoms with Crippen molar-refractivity contribution in [3.63, 3.8) is 0 Å². The van der Waals surface area contributed by atoms with Crippen LogP contribution < -0.4 is 5.69 Å². The molecule has 1 aromatic carbocycles. The zero-order chi connectivity index (χ0) is 12.7. The van der Waals surface area contributed by atoms with Gasteiger partial charge in [0.2, 0.25) is 0 Å². The molecule has 0 saturated carbocycles. The maximum absolute atomic E-state index is 11.5. The molecule has 0 spiro atoms. The first-order valence-corrected chi connectivity index (χ1v) is 5.52. The van der Waals surface area contributed by atoms with Crippen LogP contribution in [0, 0.1) is 0 Å². The number of H-pyrrole nitrogens is 2. The highest BCUT2D eigenvalue weighted by Crippen LogP contribution is 2.23. The van der Waals surface area contributed by atoms with Crippen LogP contribution in [0.5, 0.6) is 0 Å². The van der Waals surface area contributed by atoms with Gasteiger partial charge in [0, 0.05) is 29.7 Å². The van der Waals surface area contributed by atoms with Crippen LogP contribution >= 0.6 is 0 Å². The summed E-state index contributed by atoms with van der Waals surface area (Å²) in [4.78, 5) is 28.4. The Kier molecular flexibility index (Phi) is 2.19. The van der Waals surface area contributed by atoms with Crippen molar-refractivity contribution in [3.8, 4) is 11.3 Å². The van der Waals surface area contributed by atoms with Gasteiger partial charge in [-0.05, 0) is 18.2 Å². The van der Waals surface area contributed by atoms with E-state index in [0.29, 0.717) is 17.7 Å². The number of aldehydes is 1. The number of fused-ring (bicyclic) bond motifs is 1. The van der Waals surface area contributed by atoms with Gasteiger partial charge < -0.3 is 9.97 Å². The van der Waals surface area contributed by atoms with Gasteiger partial charge >= 0.3 is 5.69 Å². The third-order valence-corrected chi connectivity index (χ3v) is 3.11. The van der Waals surface area contributed by atoms with Crippen LogP contribution in [-0.4, -0.2) is 20.8 Å². The Balaban J connectivity index is 2.28. The monoisotopic (exact) mass is 241 g/mol. The Morgan fingerprint density at radius 3 is 2.89 bits per heavy atom. The minimum Gasteiger partial charge on any atom is -0.361 e. The molecule has 0 aliphatic rings. The molecule has 3 aromatic rings. The fourth-order valence-electron chi connectivity index (χ4n) is 2.10. The summed E-state index contributed by atoms with van der Waals surface area (Å²) in [5.74, 6) is 0. The molecule has 5 nitrogen and oxygen atoms in total. The lowest BCUT2D eigenvalue weighted by atomic mass is 10.1. The summed E-state index contributed by atoms with van der Waals surface area (Å²) in [6.07, 6.45) is 2.54. The van der Waals surface area contributed by atoms with Gasteiger partial charge in [0.05, 0.1) is 5.69 Å². The number of nitrogens with zero attached hydrogens (tertiary/aromatic N) is 1. The van der Waals surface area contributed by atoms with Gasteiger partial charge in [0.15, 0.2) is 6.29 Å². The Bertz CT molecular complexity index is 792. The van der Waals surface area contributed by atoms with Crippen molar-refractivity contribution in [2.75, 3.05) is 0 Å². The Labute approximate surface area is 102 Å². The van der Waals surface area contributed by atoms with Gasteiger partial charge in [0.25, 0.3) is 0 Å². The molecular weight excluding hydrogens is 230 g/mol. The quantitative estimate of drug-likeness (QED) is 0.670. The highest BCUT2D eigenvalue weighted by Gasteiger charge is 2.12. The van der Waals surface area contributed by atoms with Crippen molar-refractivity contribution < 1.29 is 4.79 Å². The number of carbonyl (C=O) groups is 1. The molecule has 0 unspecified atom stereocenters.